The Kier molecular flexibility index (Phi) is 6.41. The van der Waals surface area contributed by atoms with Gasteiger partial charge in [0.1, 0.15) is 0 Å². The van der Waals surface area contributed by atoms with Gasteiger partial charge in [0.2, 0.25) is 5.78 Å². The summed E-state index contributed by atoms with van der Waals surface area (Å²) in [6, 6.07) is 24.6. The van der Waals surface area contributed by atoms with Crippen molar-refractivity contribution in [1.29, 1.82) is 0 Å². The van der Waals surface area contributed by atoms with E-state index in [2.05, 4.69) is 0 Å². The van der Waals surface area contributed by atoms with Gasteiger partial charge < -0.3 is 14.2 Å². The predicted molar refractivity (Wildman–Crippen MR) is 105 cm³/mol. The quantitative estimate of drug-likeness (QED) is 0.435. The van der Waals surface area contributed by atoms with Gasteiger partial charge in [-0.2, -0.15) is 0 Å². The highest BCUT2D eigenvalue weighted by Crippen LogP contribution is 2.26. The molecule has 3 rings (SSSR count). The van der Waals surface area contributed by atoms with Gasteiger partial charge in [0.05, 0.1) is 7.11 Å². The third-order valence-corrected chi connectivity index (χ3v) is 4.06. The minimum atomic E-state index is -1.04. The first-order valence-corrected chi connectivity index (χ1v) is 8.78. The third kappa shape index (κ3) is 4.76. The molecule has 142 valence electrons. The molecule has 5 nitrogen and oxygen atoms in total. The molecule has 0 aliphatic rings. The van der Waals surface area contributed by atoms with Gasteiger partial charge in [0, 0.05) is 11.1 Å². The molecule has 0 aliphatic heterocycles. The SMILES string of the molecule is COc1ccccc1OCC(=O)O[C@H](C(=O)c1ccccc1)c1ccccc1. The highest BCUT2D eigenvalue weighted by atomic mass is 16.6. The summed E-state index contributed by atoms with van der Waals surface area (Å²) in [6.07, 6.45) is -1.04. The molecular weight excluding hydrogens is 356 g/mol. The number of esters is 1. The van der Waals surface area contributed by atoms with E-state index in [1.54, 1.807) is 72.8 Å². The lowest BCUT2D eigenvalue weighted by molar-refractivity contribution is -0.149. The van der Waals surface area contributed by atoms with Crippen molar-refractivity contribution in [2.75, 3.05) is 13.7 Å². The Hall–Kier alpha value is -3.60. The summed E-state index contributed by atoms with van der Waals surface area (Å²) in [6.45, 7) is -0.341. The molecule has 0 heterocycles. The molecule has 5 heteroatoms. The molecule has 28 heavy (non-hydrogen) atoms. The predicted octanol–water partition coefficient (Wildman–Crippen LogP) is 4.24. The van der Waals surface area contributed by atoms with Crippen molar-refractivity contribution < 1.29 is 23.8 Å². The number of para-hydroxylation sites is 2. The van der Waals surface area contributed by atoms with Crippen molar-refractivity contribution in [2.24, 2.45) is 0 Å². The van der Waals surface area contributed by atoms with Crippen molar-refractivity contribution in [3.63, 3.8) is 0 Å². The van der Waals surface area contributed by atoms with Crippen LogP contribution >= 0.6 is 0 Å². The molecule has 0 amide bonds. The highest BCUT2D eigenvalue weighted by molar-refractivity contribution is 6.01. The molecule has 3 aromatic rings. The summed E-state index contributed by atoms with van der Waals surface area (Å²) in [7, 11) is 1.52. The third-order valence-electron chi connectivity index (χ3n) is 4.06. The van der Waals surface area contributed by atoms with E-state index in [-0.39, 0.29) is 12.4 Å². The van der Waals surface area contributed by atoms with Crippen LogP contribution in [-0.2, 0) is 9.53 Å². The van der Waals surface area contributed by atoms with Crippen LogP contribution < -0.4 is 9.47 Å². The summed E-state index contributed by atoms with van der Waals surface area (Å²) in [5.41, 5.74) is 1.07. The zero-order valence-electron chi connectivity index (χ0n) is 15.4. The Morgan fingerprint density at radius 1 is 0.786 bits per heavy atom. The molecule has 1 atom stereocenters. The van der Waals surface area contributed by atoms with Gasteiger partial charge in [-0.15, -0.1) is 0 Å². The summed E-state index contributed by atoms with van der Waals surface area (Å²) in [5, 5.41) is 0. The monoisotopic (exact) mass is 376 g/mol. The van der Waals surface area contributed by atoms with Gasteiger partial charge in [-0.25, -0.2) is 4.79 Å². The van der Waals surface area contributed by atoms with Crippen LogP contribution in [0.2, 0.25) is 0 Å². The largest absolute Gasteiger partial charge is 0.493 e. The fourth-order valence-electron chi connectivity index (χ4n) is 2.69. The van der Waals surface area contributed by atoms with E-state index < -0.39 is 12.1 Å². The zero-order valence-corrected chi connectivity index (χ0v) is 15.4. The lowest BCUT2D eigenvalue weighted by Crippen LogP contribution is -2.23. The Morgan fingerprint density at radius 2 is 1.36 bits per heavy atom. The number of carbonyl (C=O) groups is 2. The molecule has 0 saturated carbocycles. The first kappa shape index (κ1) is 19.2. The van der Waals surface area contributed by atoms with E-state index >= 15 is 0 Å². The van der Waals surface area contributed by atoms with Crippen LogP contribution in [0.4, 0.5) is 0 Å². The number of rotatable bonds is 8. The smallest absolute Gasteiger partial charge is 0.345 e. The Morgan fingerprint density at radius 3 is 2.00 bits per heavy atom. The second kappa shape index (κ2) is 9.37. The molecule has 0 unspecified atom stereocenters. The number of ketones is 1. The van der Waals surface area contributed by atoms with Crippen LogP contribution in [0, 0.1) is 0 Å². The molecule has 0 bridgehead atoms. The standard InChI is InChI=1S/C23H20O5/c1-26-19-14-8-9-15-20(19)27-16-21(24)28-23(18-12-6-3-7-13-18)22(25)17-10-4-2-5-11-17/h2-15,23H,16H2,1H3/t23-/m0/s1. The average molecular weight is 376 g/mol. The van der Waals surface area contributed by atoms with Gasteiger partial charge in [0.25, 0.3) is 0 Å². The lowest BCUT2D eigenvalue weighted by Gasteiger charge is -2.18. The number of hydrogen-bond acceptors (Lipinski definition) is 5. The van der Waals surface area contributed by atoms with Crippen LogP contribution in [0.25, 0.3) is 0 Å². The van der Waals surface area contributed by atoms with Gasteiger partial charge in [0.15, 0.2) is 24.2 Å². The minimum Gasteiger partial charge on any atom is -0.493 e. The first-order valence-electron chi connectivity index (χ1n) is 8.78. The van der Waals surface area contributed by atoms with Crippen molar-refractivity contribution in [3.8, 4) is 11.5 Å². The Labute approximate surface area is 163 Å². The zero-order chi connectivity index (χ0) is 19.8. The first-order chi connectivity index (χ1) is 13.7. The molecule has 0 N–H and O–H groups in total. The highest BCUT2D eigenvalue weighted by Gasteiger charge is 2.26. The van der Waals surface area contributed by atoms with Crippen LogP contribution in [-0.4, -0.2) is 25.5 Å². The van der Waals surface area contributed by atoms with Crippen LogP contribution in [0.3, 0.4) is 0 Å². The fourth-order valence-corrected chi connectivity index (χ4v) is 2.69. The molecular formula is C23H20O5. The van der Waals surface area contributed by atoms with E-state index in [1.165, 1.54) is 7.11 Å². The second-order valence-electron chi connectivity index (χ2n) is 5.95. The molecule has 0 aliphatic carbocycles. The Bertz CT molecular complexity index is 922. The molecule has 0 saturated heterocycles. The van der Waals surface area contributed by atoms with Crippen LogP contribution in [0.15, 0.2) is 84.9 Å². The van der Waals surface area contributed by atoms with Gasteiger partial charge >= 0.3 is 5.97 Å². The van der Waals surface area contributed by atoms with Crippen molar-refractivity contribution >= 4 is 11.8 Å². The number of methoxy groups -OCH3 is 1. The minimum absolute atomic E-state index is 0.294. The summed E-state index contributed by atoms with van der Waals surface area (Å²) in [4.78, 5) is 25.3. The maximum absolute atomic E-state index is 12.9. The van der Waals surface area contributed by atoms with Gasteiger partial charge in [-0.05, 0) is 12.1 Å². The number of Topliss-reactive ketones (excluding diaryl/α,β-unsaturated/α-hetero) is 1. The molecule has 0 spiro atoms. The normalized spacial score (nSPS) is 11.3. The van der Waals surface area contributed by atoms with E-state index in [0.29, 0.717) is 22.6 Å². The average Bonchev–Trinajstić information content (AvgIpc) is 2.77. The fraction of sp³-hybridized carbons (Fsp3) is 0.130. The second-order valence-corrected chi connectivity index (χ2v) is 5.95. The van der Waals surface area contributed by atoms with Gasteiger partial charge in [-0.1, -0.05) is 72.8 Å². The van der Waals surface area contributed by atoms with E-state index in [0.717, 1.165) is 0 Å². The molecule has 0 radical (unpaired) electrons. The number of ether oxygens (including phenoxy) is 3. The van der Waals surface area contributed by atoms with Crippen molar-refractivity contribution in [1.82, 2.24) is 0 Å². The van der Waals surface area contributed by atoms with Crippen molar-refractivity contribution in [3.05, 3.63) is 96.1 Å². The van der Waals surface area contributed by atoms with E-state index in [9.17, 15) is 9.59 Å². The van der Waals surface area contributed by atoms with Crippen LogP contribution in [0.5, 0.6) is 11.5 Å². The van der Waals surface area contributed by atoms with E-state index in [1.807, 2.05) is 12.1 Å². The summed E-state index contributed by atoms with van der Waals surface area (Å²) < 4.78 is 16.2. The molecule has 0 aromatic heterocycles. The van der Waals surface area contributed by atoms with Gasteiger partial charge in [-0.3, -0.25) is 4.79 Å². The maximum Gasteiger partial charge on any atom is 0.345 e. The van der Waals surface area contributed by atoms with Crippen molar-refractivity contribution in [2.45, 2.75) is 6.10 Å². The number of benzene rings is 3. The number of hydrogen-bond donors (Lipinski definition) is 0. The topological polar surface area (TPSA) is 61.8 Å². The Balaban J connectivity index is 1.74. The molecule has 3 aromatic carbocycles. The molecule has 0 fully saturated rings. The number of carbonyl (C=O) groups excluding carboxylic acids is 2. The lowest BCUT2D eigenvalue weighted by atomic mass is 10.00. The van der Waals surface area contributed by atoms with E-state index in [4.69, 9.17) is 14.2 Å². The maximum atomic E-state index is 12.9. The summed E-state index contributed by atoms with van der Waals surface area (Å²) >= 11 is 0. The summed E-state index contributed by atoms with van der Waals surface area (Å²) in [5.74, 6) is -0.00986. The van der Waals surface area contributed by atoms with Crippen LogP contribution in [0.1, 0.15) is 22.0 Å².